The maximum Gasteiger partial charge on any atom is 0.106 e. The van der Waals surface area contributed by atoms with Crippen LogP contribution in [0.2, 0.25) is 0 Å². The van der Waals surface area contributed by atoms with E-state index >= 15 is 0 Å². The Kier molecular flexibility index (Phi) is 2.52. The van der Waals surface area contributed by atoms with Crippen molar-refractivity contribution < 1.29 is 5.11 Å². The third kappa shape index (κ3) is 1.85. The van der Waals surface area contributed by atoms with Crippen LogP contribution >= 0.6 is 0 Å². The highest BCUT2D eigenvalue weighted by Crippen LogP contribution is 2.23. The monoisotopic (exact) mass is 168 g/mol. The molecule has 0 radical (unpaired) electrons. The van der Waals surface area contributed by atoms with Crippen molar-refractivity contribution in [3.8, 4) is 0 Å². The molecular formula is C9H16N2O. The molecule has 0 aliphatic carbocycles. The molecule has 0 saturated carbocycles. The number of rotatable bonds is 3. The molecule has 0 aromatic carbocycles. The summed E-state index contributed by atoms with van der Waals surface area (Å²) in [5.74, 6) is 0. The highest BCUT2D eigenvalue weighted by atomic mass is 16.3. The minimum atomic E-state index is -0.768. The molecule has 1 N–H and O–H groups in total. The van der Waals surface area contributed by atoms with Crippen LogP contribution < -0.4 is 0 Å². The zero-order valence-corrected chi connectivity index (χ0v) is 7.91. The summed E-state index contributed by atoms with van der Waals surface area (Å²) in [6.07, 6.45) is 3.56. The average molecular weight is 168 g/mol. The van der Waals surface area contributed by atoms with Crippen molar-refractivity contribution in [2.24, 2.45) is 7.05 Å². The summed E-state index contributed by atoms with van der Waals surface area (Å²) in [5, 5.41) is 14.1. The second-order valence-electron chi connectivity index (χ2n) is 3.40. The number of hydrogen-bond donors (Lipinski definition) is 1. The minimum Gasteiger partial charge on any atom is -0.384 e. The van der Waals surface area contributed by atoms with Crippen molar-refractivity contribution in [3.05, 3.63) is 18.0 Å². The lowest BCUT2D eigenvalue weighted by molar-refractivity contribution is 0.0419. The zero-order chi connectivity index (χ0) is 9.19. The van der Waals surface area contributed by atoms with Crippen molar-refractivity contribution in [2.75, 3.05) is 0 Å². The fraction of sp³-hybridized carbons (Fsp3) is 0.667. The van der Waals surface area contributed by atoms with Crippen LogP contribution in [-0.2, 0) is 12.6 Å². The van der Waals surface area contributed by atoms with Gasteiger partial charge in [0.2, 0.25) is 0 Å². The van der Waals surface area contributed by atoms with Crippen molar-refractivity contribution in [2.45, 2.75) is 32.3 Å². The van der Waals surface area contributed by atoms with Crippen LogP contribution in [-0.4, -0.2) is 14.9 Å². The van der Waals surface area contributed by atoms with Crippen molar-refractivity contribution in [1.82, 2.24) is 9.78 Å². The van der Waals surface area contributed by atoms with E-state index in [4.69, 9.17) is 0 Å². The largest absolute Gasteiger partial charge is 0.384 e. The number of hydrogen-bond acceptors (Lipinski definition) is 2. The third-order valence-corrected chi connectivity index (χ3v) is 2.00. The first kappa shape index (κ1) is 9.26. The molecule has 0 spiro atoms. The van der Waals surface area contributed by atoms with E-state index in [2.05, 4.69) is 12.0 Å². The molecule has 1 heterocycles. The van der Waals surface area contributed by atoms with Gasteiger partial charge in [0, 0.05) is 13.2 Å². The van der Waals surface area contributed by atoms with E-state index in [1.165, 1.54) is 0 Å². The lowest BCUT2D eigenvalue weighted by Gasteiger charge is -2.19. The molecule has 0 fully saturated rings. The van der Waals surface area contributed by atoms with E-state index in [0.29, 0.717) is 0 Å². The summed E-state index contributed by atoms with van der Waals surface area (Å²) in [6.45, 7) is 3.86. The summed E-state index contributed by atoms with van der Waals surface area (Å²) >= 11 is 0. The predicted octanol–water partition coefficient (Wildman–Crippen LogP) is 1.43. The van der Waals surface area contributed by atoms with Gasteiger partial charge in [-0.2, -0.15) is 5.10 Å². The topological polar surface area (TPSA) is 38.0 Å². The fourth-order valence-electron chi connectivity index (χ4n) is 1.32. The molecule has 0 aliphatic rings. The van der Waals surface area contributed by atoms with Gasteiger partial charge in [-0.25, -0.2) is 0 Å². The van der Waals surface area contributed by atoms with Gasteiger partial charge in [0.1, 0.15) is 5.60 Å². The van der Waals surface area contributed by atoms with Gasteiger partial charge in [-0.15, -0.1) is 0 Å². The van der Waals surface area contributed by atoms with Crippen LogP contribution in [0.15, 0.2) is 12.3 Å². The van der Waals surface area contributed by atoms with Crippen LogP contribution in [0.25, 0.3) is 0 Å². The quantitative estimate of drug-likeness (QED) is 0.741. The van der Waals surface area contributed by atoms with Gasteiger partial charge in [0.05, 0.1) is 5.69 Å². The molecule has 68 valence electrons. The first-order valence-electron chi connectivity index (χ1n) is 4.29. The number of aryl methyl sites for hydroxylation is 1. The smallest absolute Gasteiger partial charge is 0.106 e. The molecule has 3 heteroatoms. The molecule has 12 heavy (non-hydrogen) atoms. The molecule has 1 rings (SSSR count). The number of nitrogens with zero attached hydrogens (tertiary/aromatic N) is 2. The molecule has 1 unspecified atom stereocenters. The van der Waals surface area contributed by atoms with E-state index < -0.39 is 5.60 Å². The second-order valence-corrected chi connectivity index (χ2v) is 3.40. The summed E-state index contributed by atoms with van der Waals surface area (Å²) < 4.78 is 1.71. The van der Waals surface area contributed by atoms with Gasteiger partial charge >= 0.3 is 0 Å². The maximum absolute atomic E-state index is 9.92. The van der Waals surface area contributed by atoms with E-state index in [9.17, 15) is 5.11 Å². The molecule has 0 bridgehead atoms. The van der Waals surface area contributed by atoms with Gasteiger partial charge in [-0.3, -0.25) is 4.68 Å². The Morgan fingerprint density at radius 2 is 2.33 bits per heavy atom. The van der Waals surface area contributed by atoms with Gasteiger partial charge in [0.15, 0.2) is 0 Å². The van der Waals surface area contributed by atoms with Gasteiger partial charge < -0.3 is 5.11 Å². The third-order valence-electron chi connectivity index (χ3n) is 2.00. The average Bonchev–Trinajstić information content (AvgIpc) is 2.36. The van der Waals surface area contributed by atoms with Crippen molar-refractivity contribution in [1.29, 1.82) is 0 Å². The fourth-order valence-corrected chi connectivity index (χ4v) is 1.32. The summed E-state index contributed by atoms with van der Waals surface area (Å²) in [6, 6.07) is 1.86. The Labute approximate surface area is 73.0 Å². The molecule has 0 aliphatic heterocycles. The van der Waals surface area contributed by atoms with E-state index in [1.807, 2.05) is 19.3 Å². The van der Waals surface area contributed by atoms with Crippen LogP contribution in [0.4, 0.5) is 0 Å². The van der Waals surface area contributed by atoms with Gasteiger partial charge in [-0.1, -0.05) is 13.3 Å². The summed E-state index contributed by atoms with van der Waals surface area (Å²) in [4.78, 5) is 0. The van der Waals surface area contributed by atoms with Crippen LogP contribution in [0, 0.1) is 0 Å². The number of aromatic nitrogens is 2. The molecular weight excluding hydrogens is 152 g/mol. The first-order chi connectivity index (χ1) is 5.56. The lowest BCUT2D eigenvalue weighted by Crippen LogP contribution is -2.21. The van der Waals surface area contributed by atoms with Gasteiger partial charge in [-0.05, 0) is 19.4 Å². The SMILES string of the molecule is CCCC(C)(O)c1ccn(C)n1. The summed E-state index contributed by atoms with van der Waals surface area (Å²) in [5.41, 5.74) is -0.0115. The molecule has 1 aromatic heterocycles. The second kappa shape index (κ2) is 3.27. The van der Waals surface area contributed by atoms with E-state index in [0.717, 1.165) is 18.5 Å². The Hall–Kier alpha value is -0.830. The highest BCUT2D eigenvalue weighted by Gasteiger charge is 2.24. The molecule has 0 amide bonds. The molecule has 1 atom stereocenters. The molecule has 3 nitrogen and oxygen atoms in total. The lowest BCUT2D eigenvalue weighted by atomic mass is 9.97. The standard InChI is InChI=1S/C9H16N2O/c1-4-6-9(2,12)8-5-7-11(3)10-8/h5,7,12H,4,6H2,1-3H3. The van der Waals surface area contributed by atoms with Crippen molar-refractivity contribution in [3.63, 3.8) is 0 Å². The van der Waals surface area contributed by atoms with Gasteiger partial charge in [0.25, 0.3) is 0 Å². The number of aliphatic hydroxyl groups is 1. The van der Waals surface area contributed by atoms with Crippen LogP contribution in [0.3, 0.4) is 0 Å². The highest BCUT2D eigenvalue weighted by molar-refractivity contribution is 5.08. The van der Waals surface area contributed by atoms with Crippen LogP contribution in [0.5, 0.6) is 0 Å². The van der Waals surface area contributed by atoms with Crippen molar-refractivity contribution >= 4 is 0 Å². The van der Waals surface area contributed by atoms with E-state index in [-0.39, 0.29) is 0 Å². The van der Waals surface area contributed by atoms with Crippen LogP contribution in [0.1, 0.15) is 32.4 Å². The molecule has 1 aromatic rings. The normalized spacial score (nSPS) is 16.0. The minimum absolute atomic E-state index is 0.754. The Balaban J connectivity index is 2.81. The zero-order valence-electron chi connectivity index (χ0n) is 7.91. The Morgan fingerprint density at radius 1 is 1.67 bits per heavy atom. The predicted molar refractivity (Wildman–Crippen MR) is 47.7 cm³/mol. The maximum atomic E-state index is 9.92. The first-order valence-corrected chi connectivity index (χ1v) is 4.29. The van der Waals surface area contributed by atoms with E-state index in [1.54, 1.807) is 11.6 Å². The Bertz CT molecular complexity index is 253. The Morgan fingerprint density at radius 3 is 2.75 bits per heavy atom. The molecule has 0 saturated heterocycles. The summed E-state index contributed by atoms with van der Waals surface area (Å²) in [7, 11) is 1.85.